The number of hydrogen-bond donors (Lipinski definition) is 0. The molecule has 2 aromatic rings. The lowest BCUT2D eigenvalue weighted by molar-refractivity contribution is -0.138. The van der Waals surface area contributed by atoms with E-state index in [1.165, 1.54) is 23.1 Å². The van der Waals surface area contributed by atoms with E-state index in [0.29, 0.717) is 50.8 Å². The molecular formula is C27H26F4N4O3S. The predicted molar refractivity (Wildman–Crippen MR) is 140 cm³/mol. The Morgan fingerprint density at radius 2 is 1.79 bits per heavy atom. The zero-order chi connectivity index (χ0) is 28.5. The number of ether oxygens (including phenoxy) is 1. The van der Waals surface area contributed by atoms with E-state index in [1.807, 2.05) is 0 Å². The van der Waals surface area contributed by atoms with Gasteiger partial charge in [0.1, 0.15) is 11.4 Å². The number of morpholine rings is 1. The van der Waals surface area contributed by atoms with Crippen LogP contribution in [-0.2, 0) is 26.9 Å². The monoisotopic (exact) mass is 562 g/mol. The van der Waals surface area contributed by atoms with E-state index in [0.717, 1.165) is 11.0 Å². The Balaban J connectivity index is 1.53. The number of hydrogen-bond acceptors (Lipinski definition) is 5. The Morgan fingerprint density at radius 1 is 1.13 bits per heavy atom. The van der Waals surface area contributed by atoms with Gasteiger partial charge in [-0.3, -0.25) is 14.5 Å². The Hall–Kier alpha value is -3.56. The van der Waals surface area contributed by atoms with E-state index in [-0.39, 0.29) is 28.8 Å². The number of rotatable bonds is 6. The highest BCUT2D eigenvalue weighted by Crippen LogP contribution is 2.40. The Kier molecular flexibility index (Phi) is 7.95. The van der Waals surface area contributed by atoms with Crippen LogP contribution in [0.1, 0.15) is 43.4 Å². The molecule has 0 radical (unpaired) electrons. The van der Waals surface area contributed by atoms with Gasteiger partial charge in [-0.1, -0.05) is 6.07 Å². The molecule has 206 valence electrons. The number of nitriles is 1. The second-order valence-electron chi connectivity index (χ2n) is 9.78. The van der Waals surface area contributed by atoms with Gasteiger partial charge in [0.15, 0.2) is 5.11 Å². The quantitative estimate of drug-likeness (QED) is 0.372. The van der Waals surface area contributed by atoms with Gasteiger partial charge in [0, 0.05) is 25.2 Å². The van der Waals surface area contributed by atoms with Crippen LogP contribution in [0.25, 0.3) is 0 Å². The Labute approximate surface area is 228 Å². The molecule has 0 aliphatic carbocycles. The summed E-state index contributed by atoms with van der Waals surface area (Å²) in [6.45, 7) is 5.18. The molecule has 2 fully saturated rings. The number of carbonyl (C=O) groups excluding carboxylic acids is 2. The van der Waals surface area contributed by atoms with Crippen LogP contribution in [0.2, 0.25) is 0 Å². The summed E-state index contributed by atoms with van der Waals surface area (Å²) in [5.41, 5.74) is -2.59. The first kappa shape index (κ1) is 28.4. The summed E-state index contributed by atoms with van der Waals surface area (Å²) in [6, 6.07) is 8.80. The molecule has 2 aliphatic heterocycles. The number of halogens is 4. The van der Waals surface area contributed by atoms with Gasteiger partial charge < -0.3 is 14.5 Å². The van der Waals surface area contributed by atoms with Crippen LogP contribution in [0.3, 0.4) is 0 Å². The normalized spacial score (nSPS) is 17.5. The second kappa shape index (κ2) is 10.9. The average molecular weight is 563 g/mol. The molecule has 4 rings (SSSR count). The van der Waals surface area contributed by atoms with Crippen molar-refractivity contribution in [1.82, 2.24) is 4.90 Å². The first-order valence-electron chi connectivity index (χ1n) is 12.3. The van der Waals surface area contributed by atoms with Crippen LogP contribution < -0.4 is 9.80 Å². The number of amides is 2. The molecule has 0 saturated carbocycles. The number of aryl methyl sites for hydroxylation is 1. The van der Waals surface area contributed by atoms with Gasteiger partial charge in [0.2, 0.25) is 5.91 Å². The third-order valence-corrected chi connectivity index (χ3v) is 7.22. The Bertz CT molecular complexity index is 1350. The molecule has 7 nitrogen and oxygen atoms in total. The van der Waals surface area contributed by atoms with Crippen molar-refractivity contribution in [3.05, 3.63) is 58.9 Å². The van der Waals surface area contributed by atoms with Gasteiger partial charge in [-0.15, -0.1) is 0 Å². The van der Waals surface area contributed by atoms with Crippen molar-refractivity contribution in [3.8, 4) is 6.07 Å². The lowest BCUT2D eigenvalue weighted by Crippen LogP contribution is -2.44. The minimum Gasteiger partial charge on any atom is -0.378 e. The molecule has 0 spiro atoms. The van der Waals surface area contributed by atoms with Crippen LogP contribution in [0, 0.1) is 17.1 Å². The van der Waals surface area contributed by atoms with Crippen molar-refractivity contribution >= 4 is 40.5 Å². The number of alkyl halides is 3. The summed E-state index contributed by atoms with van der Waals surface area (Å²) in [5.74, 6) is -1.15. The number of anilines is 2. The van der Waals surface area contributed by atoms with E-state index in [1.54, 1.807) is 30.9 Å². The number of thiocarbonyl (C=S) groups is 1. The second-order valence-corrected chi connectivity index (χ2v) is 10.1. The first-order chi connectivity index (χ1) is 18.4. The van der Waals surface area contributed by atoms with Crippen LogP contribution >= 0.6 is 12.2 Å². The fourth-order valence-electron chi connectivity index (χ4n) is 4.74. The van der Waals surface area contributed by atoms with Crippen molar-refractivity contribution in [2.24, 2.45) is 0 Å². The van der Waals surface area contributed by atoms with E-state index in [2.05, 4.69) is 0 Å². The third kappa shape index (κ3) is 5.60. The highest BCUT2D eigenvalue weighted by atomic mass is 32.1. The molecule has 12 heteroatoms. The van der Waals surface area contributed by atoms with Gasteiger partial charge in [0.25, 0.3) is 5.91 Å². The summed E-state index contributed by atoms with van der Waals surface area (Å²) >= 11 is 5.50. The summed E-state index contributed by atoms with van der Waals surface area (Å²) in [4.78, 5) is 29.8. The maximum atomic E-state index is 15.1. The summed E-state index contributed by atoms with van der Waals surface area (Å²) < 4.78 is 61.0. The van der Waals surface area contributed by atoms with Crippen LogP contribution in [0.15, 0.2) is 36.4 Å². The fourth-order valence-corrected chi connectivity index (χ4v) is 5.26. The highest BCUT2D eigenvalue weighted by Gasteiger charge is 2.50. The predicted octanol–water partition coefficient (Wildman–Crippen LogP) is 4.81. The molecule has 2 amide bonds. The smallest absolute Gasteiger partial charge is 0.378 e. The molecule has 2 aromatic carbocycles. The third-order valence-electron chi connectivity index (χ3n) is 6.85. The number of benzene rings is 2. The first-order valence-corrected chi connectivity index (χ1v) is 12.7. The number of nitrogens with zero attached hydrogens (tertiary/aromatic N) is 4. The molecule has 2 aliphatic rings. The van der Waals surface area contributed by atoms with Crippen molar-refractivity contribution in [2.75, 3.05) is 36.1 Å². The molecule has 39 heavy (non-hydrogen) atoms. The zero-order valence-electron chi connectivity index (χ0n) is 21.3. The lowest BCUT2D eigenvalue weighted by atomic mass is 10.0. The van der Waals surface area contributed by atoms with Gasteiger partial charge in [-0.2, -0.15) is 18.4 Å². The zero-order valence-corrected chi connectivity index (χ0v) is 22.2. The standard InChI is InChI=1S/C27H26F4N4O3S/c1-26(2)24(37)34(19-8-7-18(16-32)21(14-19)27(29,30)31)25(39)35(26)20-9-6-17(22(28)15-20)4-3-5-23(36)33-10-12-38-13-11-33/h6-9,14-15H,3-5,10-13H2,1-2H3. The molecule has 0 bridgehead atoms. The fraction of sp³-hybridized carbons (Fsp3) is 0.407. The van der Waals surface area contributed by atoms with Crippen molar-refractivity contribution in [2.45, 2.75) is 44.8 Å². The summed E-state index contributed by atoms with van der Waals surface area (Å²) in [6.07, 6.45) is -3.76. The highest BCUT2D eigenvalue weighted by molar-refractivity contribution is 7.81. The maximum Gasteiger partial charge on any atom is 0.417 e. The van der Waals surface area contributed by atoms with E-state index in [4.69, 9.17) is 22.2 Å². The van der Waals surface area contributed by atoms with Gasteiger partial charge in [-0.25, -0.2) is 4.39 Å². The molecule has 2 saturated heterocycles. The maximum absolute atomic E-state index is 15.1. The van der Waals surface area contributed by atoms with Crippen LogP contribution in [0.4, 0.5) is 28.9 Å². The van der Waals surface area contributed by atoms with Crippen molar-refractivity contribution in [3.63, 3.8) is 0 Å². The van der Waals surface area contributed by atoms with Crippen molar-refractivity contribution < 1.29 is 31.9 Å². The van der Waals surface area contributed by atoms with Crippen molar-refractivity contribution in [1.29, 1.82) is 5.26 Å². The minimum absolute atomic E-state index is 0.00502. The van der Waals surface area contributed by atoms with Crippen LogP contribution in [0.5, 0.6) is 0 Å². The number of carbonyl (C=O) groups is 2. The largest absolute Gasteiger partial charge is 0.417 e. The van der Waals surface area contributed by atoms with E-state index >= 15 is 4.39 Å². The van der Waals surface area contributed by atoms with E-state index in [9.17, 15) is 22.8 Å². The van der Waals surface area contributed by atoms with Gasteiger partial charge >= 0.3 is 6.18 Å². The lowest BCUT2D eigenvalue weighted by Gasteiger charge is -2.29. The Morgan fingerprint density at radius 3 is 2.41 bits per heavy atom. The molecule has 0 aromatic heterocycles. The molecular weight excluding hydrogens is 536 g/mol. The van der Waals surface area contributed by atoms with Crippen LogP contribution in [-0.4, -0.2) is 53.7 Å². The average Bonchev–Trinajstić information content (AvgIpc) is 3.07. The minimum atomic E-state index is -4.81. The van der Waals surface area contributed by atoms with E-state index < -0.39 is 34.6 Å². The van der Waals surface area contributed by atoms with Gasteiger partial charge in [0.05, 0.1) is 36.1 Å². The topological polar surface area (TPSA) is 76.9 Å². The molecule has 0 atom stereocenters. The SMILES string of the molecule is CC1(C)C(=O)N(c2ccc(C#N)c(C(F)(F)F)c2)C(=S)N1c1ccc(CCCC(=O)N2CCOCC2)c(F)c1. The molecule has 2 heterocycles. The van der Waals surface area contributed by atoms with Gasteiger partial charge in [-0.05, 0) is 74.8 Å². The summed E-state index contributed by atoms with van der Waals surface area (Å²) in [5, 5.41) is 8.96. The molecule has 0 unspecified atom stereocenters. The molecule has 0 N–H and O–H groups in total. The summed E-state index contributed by atoms with van der Waals surface area (Å²) in [7, 11) is 0.